The van der Waals surface area contributed by atoms with E-state index in [9.17, 15) is 23.1 Å². The number of benzene rings is 3. The number of fused-ring (bicyclic) bond motifs is 3. The zero-order valence-corrected chi connectivity index (χ0v) is 28.0. The van der Waals surface area contributed by atoms with Gasteiger partial charge in [-0.25, -0.2) is 20.7 Å². The molecule has 235 valence electrons. The average Bonchev–Trinajstić information content (AvgIpc) is 3.42. The minimum atomic E-state index is -4.69. The van der Waals surface area contributed by atoms with Crippen molar-refractivity contribution in [3.63, 3.8) is 0 Å². The molecule has 1 N–H and O–H groups in total. The number of hydrogen-bond donors (Lipinski definition) is 1. The van der Waals surface area contributed by atoms with Crippen molar-refractivity contribution in [3.05, 3.63) is 84.1 Å². The van der Waals surface area contributed by atoms with E-state index in [4.69, 9.17) is 0 Å². The second kappa shape index (κ2) is 15.2. The van der Waals surface area contributed by atoms with Crippen LogP contribution >= 0.6 is 11.3 Å². The summed E-state index contributed by atoms with van der Waals surface area (Å²) < 4.78 is 57.9. The summed E-state index contributed by atoms with van der Waals surface area (Å²) in [5.74, 6) is -0.216. The number of aliphatic hydroxyl groups is 1. The molecule has 0 aliphatic carbocycles. The minimum absolute atomic E-state index is 0. The average molecular weight is 802 g/mol. The number of allylic oxidation sites excluding steroid dienone is 2. The molecule has 0 fully saturated rings. The Morgan fingerprint density at radius 3 is 2.11 bits per heavy atom. The van der Waals surface area contributed by atoms with Crippen molar-refractivity contribution in [2.24, 2.45) is 11.8 Å². The quantitative estimate of drug-likeness (QED) is 0.0558. The first-order chi connectivity index (χ1) is 20.5. The van der Waals surface area contributed by atoms with Crippen LogP contribution in [0.1, 0.15) is 58.9 Å². The van der Waals surface area contributed by atoms with Gasteiger partial charge in [0.1, 0.15) is 12.1 Å². The van der Waals surface area contributed by atoms with E-state index < -0.39 is 23.1 Å². The molecule has 2 aromatic heterocycles. The molecule has 0 saturated heterocycles. The summed E-state index contributed by atoms with van der Waals surface area (Å²) in [4.78, 5) is 20.1. The first-order valence-corrected chi connectivity index (χ1v) is 15.1. The van der Waals surface area contributed by atoms with Crippen LogP contribution in [0.15, 0.2) is 66.7 Å². The van der Waals surface area contributed by atoms with Gasteiger partial charge in [0.2, 0.25) is 0 Å². The Kier molecular flexibility index (Phi) is 12.2. The van der Waals surface area contributed by atoms with Gasteiger partial charge in [-0.15, -0.1) is 23.6 Å². The second-order valence-electron chi connectivity index (χ2n) is 10.2. The number of alkyl halides is 3. The molecule has 0 amide bonds. The number of aliphatic hydroxyl groups excluding tert-OH is 1. The van der Waals surface area contributed by atoms with Crippen LogP contribution in [-0.4, -0.2) is 20.9 Å². The third-order valence-corrected chi connectivity index (χ3v) is 8.74. The van der Waals surface area contributed by atoms with Crippen molar-refractivity contribution in [1.82, 2.24) is 9.97 Å². The minimum Gasteiger partial charge on any atom is -0.512 e. The Hall–Kier alpha value is -3.20. The number of carbonyl (C=O) groups excluding carboxylic acids is 1. The van der Waals surface area contributed by atoms with Crippen LogP contribution in [0, 0.1) is 23.7 Å². The van der Waals surface area contributed by atoms with Gasteiger partial charge in [-0.05, 0) is 40.6 Å². The summed E-state index contributed by atoms with van der Waals surface area (Å²) in [5.41, 5.74) is -1.29. The van der Waals surface area contributed by atoms with Crippen molar-refractivity contribution in [2.75, 3.05) is 0 Å². The topological polar surface area (TPSA) is 63.1 Å². The molecule has 4 nitrogen and oxygen atoms in total. The van der Waals surface area contributed by atoms with Crippen LogP contribution in [0.25, 0.3) is 42.3 Å². The monoisotopic (exact) mass is 802 g/mol. The number of nitrogens with zero attached hydrogens (tertiary/aromatic N) is 2. The van der Waals surface area contributed by atoms with Crippen molar-refractivity contribution in [1.29, 1.82) is 0 Å². The van der Waals surface area contributed by atoms with Crippen molar-refractivity contribution in [2.45, 2.75) is 59.6 Å². The molecule has 44 heavy (non-hydrogen) atoms. The first-order valence-electron chi connectivity index (χ1n) is 14.3. The molecular weight excluding hydrogens is 769 g/mol. The van der Waals surface area contributed by atoms with E-state index in [1.165, 1.54) is 41.7 Å². The normalized spacial score (nSPS) is 12.1. The molecular formula is C34H33F4IrN2O2S-. The Balaban J connectivity index is 0.000000286. The van der Waals surface area contributed by atoms with Crippen LogP contribution in [0.2, 0.25) is 0 Å². The molecule has 5 rings (SSSR count). The van der Waals surface area contributed by atoms with E-state index >= 15 is 4.39 Å². The molecule has 0 saturated carbocycles. The Bertz CT molecular complexity index is 1740. The van der Waals surface area contributed by atoms with Gasteiger partial charge in [-0.1, -0.05) is 64.1 Å². The maximum atomic E-state index is 15.4. The van der Waals surface area contributed by atoms with E-state index in [1.807, 2.05) is 52.0 Å². The summed E-state index contributed by atoms with van der Waals surface area (Å²) in [6.45, 7) is 8.07. The first kappa shape index (κ1) is 35.3. The number of hydrogen-bond acceptors (Lipinski definition) is 5. The molecule has 5 aromatic rings. The molecule has 0 aliphatic rings. The fraction of sp³-hybridized carbons (Fsp3) is 0.324. The number of rotatable bonds is 8. The fourth-order valence-corrected chi connectivity index (χ4v) is 6.21. The molecule has 0 bridgehead atoms. The van der Waals surface area contributed by atoms with Gasteiger partial charge in [-0.2, -0.15) is 13.2 Å². The summed E-state index contributed by atoms with van der Waals surface area (Å²) in [6.07, 6.45) is 1.25. The third kappa shape index (κ3) is 7.36. The van der Waals surface area contributed by atoms with Gasteiger partial charge in [0.05, 0.1) is 16.8 Å². The standard InChI is InChI=1S/C21H9F4N2S.C13H24O2.Ir/c22-18-13-7-3-2-6-12(13)17(21(23,24)25)20-16(18)19(26-10-27-20)15-9-11-5-1-4-8-14(11)28-15;1-5-10(6-2)12(14)9-13(15)11(7-3)8-4;/h1-8,10H;9-11,14H,5-8H2,1-4H3;/q-1;;/b;12-9-;. The Morgan fingerprint density at radius 1 is 0.932 bits per heavy atom. The van der Waals surface area contributed by atoms with E-state index in [-0.39, 0.29) is 65.3 Å². The number of carbonyl (C=O) groups is 1. The van der Waals surface area contributed by atoms with Gasteiger partial charge in [0.15, 0.2) is 5.78 Å². The second-order valence-corrected chi connectivity index (χ2v) is 11.3. The van der Waals surface area contributed by atoms with Crippen LogP contribution in [0.3, 0.4) is 0 Å². The molecule has 0 spiro atoms. The zero-order valence-electron chi connectivity index (χ0n) is 24.8. The summed E-state index contributed by atoms with van der Waals surface area (Å²) in [7, 11) is 0. The van der Waals surface area contributed by atoms with E-state index in [1.54, 1.807) is 0 Å². The van der Waals surface area contributed by atoms with Gasteiger partial charge in [-0.3, -0.25) is 9.78 Å². The van der Waals surface area contributed by atoms with E-state index in [0.29, 0.717) is 4.88 Å². The molecule has 1 radical (unpaired) electrons. The molecule has 3 aromatic carbocycles. The molecule has 10 heteroatoms. The van der Waals surface area contributed by atoms with Gasteiger partial charge in [0, 0.05) is 54.5 Å². The summed E-state index contributed by atoms with van der Waals surface area (Å²) in [5, 5.41) is 9.99. The Labute approximate surface area is 271 Å². The van der Waals surface area contributed by atoms with E-state index in [2.05, 4.69) is 16.0 Å². The fourth-order valence-electron chi connectivity index (χ4n) is 5.20. The molecule has 2 heterocycles. The van der Waals surface area contributed by atoms with Crippen LogP contribution in [0.5, 0.6) is 0 Å². The van der Waals surface area contributed by atoms with Gasteiger partial charge in [0.25, 0.3) is 0 Å². The third-order valence-electron chi connectivity index (χ3n) is 7.66. The zero-order chi connectivity index (χ0) is 31.3. The van der Waals surface area contributed by atoms with E-state index in [0.717, 1.165) is 42.1 Å². The largest absolute Gasteiger partial charge is 0.512 e. The van der Waals surface area contributed by atoms with Crippen LogP contribution < -0.4 is 0 Å². The number of thiophene rings is 1. The SMILES string of the molecule is CCC(CC)C(=O)/C=C(\O)C(CC)CC.Fc1c2ccccc2c(C(F)(F)F)c2ncnc(-c3[c-]c4ccccc4s3)c12.[Ir]. The number of halogens is 4. The van der Waals surface area contributed by atoms with Crippen LogP contribution in [-0.2, 0) is 31.1 Å². The predicted octanol–water partition coefficient (Wildman–Crippen LogP) is 10.5. The maximum absolute atomic E-state index is 15.4. The number of ketones is 1. The van der Waals surface area contributed by atoms with Crippen molar-refractivity contribution >= 4 is 48.9 Å². The number of aromatic nitrogens is 2. The predicted molar refractivity (Wildman–Crippen MR) is 166 cm³/mol. The molecule has 0 aliphatic heterocycles. The van der Waals surface area contributed by atoms with Gasteiger partial charge < -0.3 is 5.11 Å². The van der Waals surface area contributed by atoms with Crippen molar-refractivity contribution < 1.29 is 47.6 Å². The van der Waals surface area contributed by atoms with Crippen LogP contribution in [0.4, 0.5) is 17.6 Å². The maximum Gasteiger partial charge on any atom is 0.419 e. The smallest absolute Gasteiger partial charge is 0.419 e. The Morgan fingerprint density at radius 2 is 1.52 bits per heavy atom. The summed E-state index contributed by atoms with van der Waals surface area (Å²) >= 11 is 1.30. The molecule has 0 atom stereocenters. The summed E-state index contributed by atoms with van der Waals surface area (Å²) in [6, 6.07) is 16.1. The van der Waals surface area contributed by atoms with Gasteiger partial charge >= 0.3 is 6.18 Å². The van der Waals surface area contributed by atoms with Crippen molar-refractivity contribution in [3.8, 4) is 10.6 Å². The molecule has 0 unspecified atom stereocenters.